The van der Waals surface area contributed by atoms with E-state index in [0.717, 1.165) is 16.8 Å². The van der Waals surface area contributed by atoms with Crippen molar-refractivity contribution < 1.29 is 12.8 Å². The number of aromatic nitrogens is 3. The van der Waals surface area contributed by atoms with Gasteiger partial charge in [-0.15, -0.1) is 0 Å². The third-order valence-electron chi connectivity index (χ3n) is 5.68. The van der Waals surface area contributed by atoms with Gasteiger partial charge in [0.25, 0.3) is 10.0 Å². The van der Waals surface area contributed by atoms with Gasteiger partial charge in [0, 0.05) is 17.1 Å². The van der Waals surface area contributed by atoms with E-state index in [4.69, 9.17) is 16.0 Å². The van der Waals surface area contributed by atoms with Crippen LogP contribution in [-0.4, -0.2) is 29.7 Å². The standard InChI is InChI=1S/C23H21ClN4O3S/c1-15-23(32(29,30)28-12-11-17-5-3-4-6-20(17)28)16(2)27(26-15)14-22-25-13-21(31-22)18-7-9-19(24)10-8-18/h3-10,13H,11-12,14H2,1-2H3. The van der Waals surface area contributed by atoms with Gasteiger partial charge in [-0.1, -0.05) is 29.8 Å². The Morgan fingerprint density at radius 3 is 2.62 bits per heavy atom. The van der Waals surface area contributed by atoms with Gasteiger partial charge in [0.05, 0.1) is 23.3 Å². The minimum Gasteiger partial charge on any atom is -0.439 e. The van der Waals surface area contributed by atoms with Crippen molar-refractivity contribution in [1.82, 2.24) is 14.8 Å². The fourth-order valence-electron chi connectivity index (χ4n) is 4.13. The van der Waals surface area contributed by atoms with Gasteiger partial charge >= 0.3 is 0 Å². The smallest absolute Gasteiger partial charge is 0.268 e. The number of oxazole rings is 1. The molecule has 32 heavy (non-hydrogen) atoms. The molecule has 164 valence electrons. The molecule has 0 saturated carbocycles. The third-order valence-corrected chi connectivity index (χ3v) is 7.99. The quantitative estimate of drug-likeness (QED) is 0.427. The number of aryl methyl sites for hydroxylation is 1. The first-order valence-corrected chi connectivity index (χ1v) is 12.0. The fraction of sp³-hybridized carbons (Fsp3) is 0.217. The average molecular weight is 469 g/mol. The topological polar surface area (TPSA) is 81.2 Å². The number of nitrogens with zero attached hydrogens (tertiary/aromatic N) is 4. The largest absolute Gasteiger partial charge is 0.439 e. The molecule has 2 aromatic carbocycles. The average Bonchev–Trinajstić information content (AvgIpc) is 3.47. The van der Waals surface area contributed by atoms with Gasteiger partial charge in [-0.05, 0) is 56.2 Å². The lowest BCUT2D eigenvalue weighted by molar-refractivity contribution is 0.469. The summed E-state index contributed by atoms with van der Waals surface area (Å²) in [6, 6.07) is 14.9. The van der Waals surface area contributed by atoms with Crippen LogP contribution in [-0.2, 0) is 23.0 Å². The number of sulfonamides is 1. The molecule has 3 heterocycles. The zero-order valence-corrected chi connectivity index (χ0v) is 19.2. The van der Waals surface area contributed by atoms with Crippen LogP contribution < -0.4 is 4.31 Å². The molecule has 1 aliphatic heterocycles. The summed E-state index contributed by atoms with van der Waals surface area (Å²) in [5.74, 6) is 1.05. The Morgan fingerprint density at radius 2 is 1.84 bits per heavy atom. The van der Waals surface area contributed by atoms with Gasteiger partial charge in [-0.3, -0.25) is 8.99 Å². The zero-order valence-electron chi connectivity index (χ0n) is 17.6. The van der Waals surface area contributed by atoms with Crippen LogP contribution in [0.4, 0.5) is 5.69 Å². The molecule has 0 N–H and O–H groups in total. The first-order valence-electron chi connectivity index (χ1n) is 10.2. The van der Waals surface area contributed by atoms with Crippen molar-refractivity contribution in [2.75, 3.05) is 10.8 Å². The van der Waals surface area contributed by atoms with Crippen molar-refractivity contribution in [3.63, 3.8) is 0 Å². The molecule has 7 nitrogen and oxygen atoms in total. The van der Waals surface area contributed by atoms with E-state index >= 15 is 0 Å². The minimum atomic E-state index is -3.74. The van der Waals surface area contributed by atoms with Crippen LogP contribution in [0.5, 0.6) is 0 Å². The predicted octanol–water partition coefficient (Wildman–Crippen LogP) is 4.61. The number of benzene rings is 2. The Morgan fingerprint density at radius 1 is 1.09 bits per heavy atom. The van der Waals surface area contributed by atoms with Gasteiger partial charge in [-0.25, -0.2) is 13.4 Å². The number of hydrogen-bond donors (Lipinski definition) is 0. The highest BCUT2D eigenvalue weighted by atomic mass is 35.5. The van der Waals surface area contributed by atoms with Crippen molar-refractivity contribution in [1.29, 1.82) is 0 Å². The normalized spacial score (nSPS) is 13.5. The lowest BCUT2D eigenvalue weighted by Gasteiger charge is -2.19. The second-order valence-corrected chi connectivity index (χ2v) is 9.97. The van der Waals surface area contributed by atoms with E-state index in [9.17, 15) is 8.42 Å². The maximum absolute atomic E-state index is 13.5. The third kappa shape index (κ3) is 3.49. The molecule has 0 fully saturated rings. The SMILES string of the molecule is Cc1nn(Cc2ncc(-c3ccc(Cl)cc3)o2)c(C)c1S(=O)(=O)N1CCc2ccccc21. The number of fused-ring (bicyclic) bond motifs is 1. The molecule has 0 saturated heterocycles. The number of para-hydroxylation sites is 1. The molecule has 4 aromatic rings. The summed E-state index contributed by atoms with van der Waals surface area (Å²) in [6.07, 6.45) is 2.34. The molecule has 0 amide bonds. The van der Waals surface area contributed by atoms with Crippen LogP contribution in [0, 0.1) is 13.8 Å². The minimum absolute atomic E-state index is 0.229. The highest BCUT2D eigenvalue weighted by Gasteiger charge is 2.35. The van der Waals surface area contributed by atoms with E-state index in [0.29, 0.717) is 41.0 Å². The van der Waals surface area contributed by atoms with Crippen LogP contribution in [0.15, 0.2) is 64.0 Å². The van der Waals surface area contributed by atoms with E-state index in [-0.39, 0.29) is 11.4 Å². The van der Waals surface area contributed by atoms with Crippen LogP contribution in [0.2, 0.25) is 5.02 Å². The summed E-state index contributed by atoms with van der Waals surface area (Å²) < 4.78 is 36.1. The summed E-state index contributed by atoms with van der Waals surface area (Å²) in [5.41, 5.74) is 3.64. The predicted molar refractivity (Wildman–Crippen MR) is 122 cm³/mol. The van der Waals surface area contributed by atoms with Crippen molar-refractivity contribution in [3.8, 4) is 11.3 Å². The van der Waals surface area contributed by atoms with E-state index in [1.165, 1.54) is 4.31 Å². The van der Waals surface area contributed by atoms with Gasteiger partial charge in [0.15, 0.2) is 5.76 Å². The molecule has 0 atom stereocenters. The molecule has 0 radical (unpaired) electrons. The van der Waals surface area contributed by atoms with E-state index < -0.39 is 10.0 Å². The molecule has 9 heteroatoms. The van der Waals surface area contributed by atoms with Crippen molar-refractivity contribution >= 4 is 27.3 Å². The highest BCUT2D eigenvalue weighted by molar-refractivity contribution is 7.93. The molecular formula is C23H21ClN4O3S. The monoisotopic (exact) mass is 468 g/mol. The molecule has 1 aliphatic rings. The van der Waals surface area contributed by atoms with Gasteiger partial charge in [-0.2, -0.15) is 5.10 Å². The summed E-state index contributed by atoms with van der Waals surface area (Å²) in [4.78, 5) is 4.57. The van der Waals surface area contributed by atoms with Crippen molar-refractivity contribution in [2.45, 2.75) is 31.7 Å². The van der Waals surface area contributed by atoms with Crippen LogP contribution in [0.1, 0.15) is 22.8 Å². The molecular weight excluding hydrogens is 448 g/mol. The summed E-state index contributed by atoms with van der Waals surface area (Å²) >= 11 is 5.95. The Labute approximate surface area is 191 Å². The van der Waals surface area contributed by atoms with Gasteiger partial charge < -0.3 is 4.42 Å². The van der Waals surface area contributed by atoms with E-state index in [1.54, 1.807) is 36.9 Å². The van der Waals surface area contributed by atoms with Gasteiger partial charge in [0.1, 0.15) is 11.4 Å². The molecule has 5 rings (SSSR count). The molecule has 0 aliphatic carbocycles. The second-order valence-electron chi connectivity index (χ2n) is 7.74. The maximum Gasteiger partial charge on any atom is 0.268 e. The Bertz CT molecular complexity index is 1410. The number of halogens is 1. The fourth-order valence-corrected chi connectivity index (χ4v) is 6.14. The second kappa shape index (κ2) is 7.79. The lowest BCUT2D eigenvalue weighted by atomic mass is 10.2. The van der Waals surface area contributed by atoms with E-state index in [1.807, 2.05) is 36.4 Å². The number of hydrogen-bond acceptors (Lipinski definition) is 5. The molecule has 0 spiro atoms. The van der Waals surface area contributed by atoms with Crippen LogP contribution in [0.3, 0.4) is 0 Å². The number of anilines is 1. The zero-order chi connectivity index (χ0) is 22.5. The Balaban J connectivity index is 1.45. The van der Waals surface area contributed by atoms with Crippen molar-refractivity contribution in [3.05, 3.63) is 82.6 Å². The Kier molecular flexibility index (Phi) is 5.06. The first kappa shape index (κ1) is 20.8. The summed E-state index contributed by atoms with van der Waals surface area (Å²) in [6.45, 7) is 4.13. The molecule has 0 bridgehead atoms. The summed E-state index contributed by atoms with van der Waals surface area (Å²) in [7, 11) is -3.74. The molecule has 2 aromatic heterocycles. The first-order chi connectivity index (χ1) is 15.3. The number of rotatable bonds is 5. The van der Waals surface area contributed by atoms with Crippen LogP contribution >= 0.6 is 11.6 Å². The highest BCUT2D eigenvalue weighted by Crippen LogP contribution is 2.34. The lowest BCUT2D eigenvalue weighted by Crippen LogP contribution is -2.30. The van der Waals surface area contributed by atoms with E-state index in [2.05, 4.69) is 10.1 Å². The van der Waals surface area contributed by atoms with Gasteiger partial charge in [0.2, 0.25) is 5.89 Å². The Hall–Kier alpha value is -3.10. The van der Waals surface area contributed by atoms with Crippen molar-refractivity contribution in [2.24, 2.45) is 0 Å². The van der Waals surface area contributed by atoms with Crippen LogP contribution in [0.25, 0.3) is 11.3 Å². The summed E-state index contributed by atoms with van der Waals surface area (Å²) in [5, 5.41) is 5.13. The maximum atomic E-state index is 13.5. The molecule has 0 unspecified atom stereocenters.